The molecule has 4 N–H and O–H groups in total. The molecule has 1 saturated heterocycles. The second kappa shape index (κ2) is 10.4. The molecule has 3 aromatic rings. The van der Waals surface area contributed by atoms with Gasteiger partial charge in [0, 0.05) is 22.8 Å². The fraction of sp³-hybridized carbons (Fsp3) is 0.273. The number of alkyl halides is 1. The number of halogens is 1. The van der Waals surface area contributed by atoms with E-state index >= 15 is 0 Å². The molecule has 192 valence electrons. The van der Waals surface area contributed by atoms with E-state index in [0.29, 0.717) is 17.9 Å². The number of hydrogen-bond acceptors (Lipinski definition) is 9. The molecule has 2 aliphatic heterocycles. The van der Waals surface area contributed by atoms with Gasteiger partial charge in [0.25, 0.3) is 17.5 Å². The second-order valence-corrected chi connectivity index (χ2v) is 10.4. The number of nitrogens with zero attached hydrogens (tertiary/aromatic N) is 5. The molecule has 1 fully saturated rings. The number of carbonyl (C=O) groups is 3. The highest BCUT2D eigenvalue weighted by atomic mass is 35.5. The van der Waals surface area contributed by atoms with Crippen molar-refractivity contribution in [2.75, 3.05) is 24.0 Å². The van der Waals surface area contributed by atoms with E-state index in [1.54, 1.807) is 5.38 Å². The lowest BCUT2D eigenvalue weighted by molar-refractivity contribution is -0.662. The van der Waals surface area contributed by atoms with E-state index in [4.69, 9.17) is 22.2 Å². The van der Waals surface area contributed by atoms with Crippen LogP contribution in [0.5, 0.6) is 0 Å². The molecule has 15 heteroatoms. The number of rotatable bonds is 9. The van der Waals surface area contributed by atoms with Crippen LogP contribution in [0.2, 0.25) is 0 Å². The van der Waals surface area contributed by atoms with Gasteiger partial charge in [-0.05, 0) is 6.07 Å². The number of oxime groups is 1. The predicted octanol–water partition coefficient (Wildman–Crippen LogP) is 0.664. The van der Waals surface area contributed by atoms with Crippen LogP contribution >= 0.6 is 34.7 Å². The molecule has 0 bridgehead atoms. The Labute approximate surface area is 223 Å². The number of pyridine rings is 1. The normalized spacial score (nSPS) is 19.5. The second-order valence-electron chi connectivity index (χ2n) is 8.04. The van der Waals surface area contributed by atoms with Crippen LogP contribution in [0.4, 0.5) is 5.13 Å². The van der Waals surface area contributed by atoms with Gasteiger partial charge in [-0.3, -0.25) is 14.5 Å². The molecule has 5 rings (SSSR count). The fourth-order valence-electron chi connectivity index (χ4n) is 4.14. The zero-order valence-corrected chi connectivity index (χ0v) is 21.5. The van der Waals surface area contributed by atoms with Crippen LogP contribution in [-0.4, -0.2) is 72.5 Å². The maximum absolute atomic E-state index is 13.1. The third-order valence-corrected chi connectivity index (χ3v) is 7.94. The van der Waals surface area contributed by atoms with Crippen LogP contribution in [0.15, 0.2) is 58.6 Å². The van der Waals surface area contributed by atoms with E-state index in [1.807, 2.05) is 45.8 Å². The Morgan fingerprint density at radius 1 is 1.38 bits per heavy atom. The number of aliphatic carboxylic acids is 1. The number of imidazole rings is 1. The average molecular weight is 563 g/mol. The first-order valence-electron chi connectivity index (χ1n) is 11.0. The molecule has 0 saturated carbocycles. The van der Waals surface area contributed by atoms with Gasteiger partial charge in [0.15, 0.2) is 10.8 Å². The van der Waals surface area contributed by atoms with Gasteiger partial charge in [-0.2, -0.15) is 0 Å². The summed E-state index contributed by atoms with van der Waals surface area (Å²) in [5.74, 6) is -1.87. The van der Waals surface area contributed by atoms with Crippen LogP contribution in [0.25, 0.3) is 5.65 Å². The third kappa shape index (κ3) is 4.74. The number of thiazole rings is 1. The van der Waals surface area contributed by atoms with Gasteiger partial charge in [-0.25, -0.2) is 18.7 Å². The molecule has 5 heterocycles. The summed E-state index contributed by atoms with van der Waals surface area (Å²) in [6.45, 7) is 0.375. The lowest BCUT2D eigenvalue weighted by atomic mass is 10.0. The molecule has 0 unspecified atom stereocenters. The zero-order valence-electron chi connectivity index (χ0n) is 19.1. The van der Waals surface area contributed by atoms with Crippen LogP contribution in [0.3, 0.4) is 0 Å². The van der Waals surface area contributed by atoms with Crippen molar-refractivity contribution in [1.29, 1.82) is 0 Å². The van der Waals surface area contributed by atoms with Gasteiger partial charge in [-0.1, -0.05) is 11.2 Å². The van der Waals surface area contributed by atoms with Gasteiger partial charge >= 0.3 is 5.97 Å². The molecule has 2 amide bonds. The van der Waals surface area contributed by atoms with Crippen molar-refractivity contribution in [3.63, 3.8) is 0 Å². The molecule has 37 heavy (non-hydrogen) atoms. The van der Waals surface area contributed by atoms with Crippen LogP contribution < -0.4 is 15.6 Å². The molecule has 0 spiro atoms. The number of carbonyl (C=O) groups excluding carboxylic acids is 2. The molecule has 0 radical (unpaired) electrons. The Morgan fingerprint density at radius 3 is 2.95 bits per heavy atom. The minimum atomic E-state index is -1.20. The van der Waals surface area contributed by atoms with Crippen LogP contribution in [0, 0.1) is 0 Å². The van der Waals surface area contributed by atoms with Crippen molar-refractivity contribution in [2.24, 2.45) is 5.16 Å². The fourth-order valence-corrected chi connectivity index (χ4v) is 6.10. The maximum Gasteiger partial charge on any atom is 0.352 e. The topological polar surface area (TPSA) is 155 Å². The number of nitrogen functional groups attached to an aromatic ring is 1. The van der Waals surface area contributed by atoms with E-state index in [0.717, 1.165) is 17.0 Å². The van der Waals surface area contributed by atoms with E-state index in [9.17, 15) is 19.5 Å². The molecule has 12 nitrogen and oxygen atoms in total. The number of nitrogens with two attached hydrogens (primary N) is 1. The highest BCUT2D eigenvalue weighted by molar-refractivity contribution is 8.00. The van der Waals surface area contributed by atoms with Gasteiger partial charge in [-0.15, -0.1) is 34.7 Å². The Balaban J connectivity index is 1.36. The zero-order chi connectivity index (χ0) is 26.1. The van der Waals surface area contributed by atoms with Gasteiger partial charge < -0.3 is 21.0 Å². The monoisotopic (exact) mass is 562 g/mol. The van der Waals surface area contributed by atoms with E-state index in [1.165, 1.54) is 16.7 Å². The predicted molar refractivity (Wildman–Crippen MR) is 137 cm³/mol. The summed E-state index contributed by atoms with van der Waals surface area (Å²) in [6, 6.07) is 4.78. The summed E-state index contributed by atoms with van der Waals surface area (Å²) >= 11 is 8.12. The maximum atomic E-state index is 13.1. The third-order valence-electron chi connectivity index (χ3n) is 5.77. The minimum Gasteiger partial charge on any atom is -0.477 e. The molecule has 0 aliphatic carbocycles. The van der Waals surface area contributed by atoms with E-state index < -0.39 is 29.2 Å². The first kappa shape index (κ1) is 25.0. The van der Waals surface area contributed by atoms with Crippen LogP contribution in [0.1, 0.15) is 5.69 Å². The Kier molecular flexibility index (Phi) is 7.04. The number of β-lactam (4-membered cyclic amide) rings is 1. The smallest absolute Gasteiger partial charge is 0.352 e. The summed E-state index contributed by atoms with van der Waals surface area (Å²) in [5, 5.41) is 17.7. The van der Waals surface area contributed by atoms with Crippen molar-refractivity contribution >= 4 is 69.0 Å². The number of fused-ring (bicyclic) bond motifs is 2. The van der Waals surface area contributed by atoms with Crippen molar-refractivity contribution in [3.05, 3.63) is 59.1 Å². The number of carboxylic acids is 1. The molecule has 3 aromatic heterocycles. The SMILES string of the molecule is Nc1nc(/C(=N/OCCCl)C(=O)N[C@@H]2C(=O)N3C(C(=O)O)=C(C[n+]4ccn5ccccc54)CS[C@@H]23)cs1. The standard InChI is InChI=1S/C22H20ClN7O5S2/c23-4-8-35-27-15(13-11-37-22(24)25-13)18(31)26-16-19(32)30-17(21(33)34)12(10-36-20(16)30)9-29-7-6-28-5-2-1-3-14(28)29/h1-3,5-7,11,16,20H,4,8-10H2,(H3-,24,25,26,31,33,34)/p+1/b27-15-/t16-,20+/m1/s1. The molecular weight excluding hydrogens is 542 g/mol. The van der Waals surface area contributed by atoms with Gasteiger partial charge in [0.05, 0.1) is 12.1 Å². The number of thioether (sulfide) groups is 1. The number of amides is 2. The first-order chi connectivity index (χ1) is 17.9. The summed E-state index contributed by atoms with van der Waals surface area (Å²) in [5.41, 5.74) is 7.15. The highest BCUT2D eigenvalue weighted by Crippen LogP contribution is 2.40. The molecule has 2 atom stereocenters. The van der Waals surface area contributed by atoms with Crippen LogP contribution in [-0.2, 0) is 25.8 Å². The Hall–Kier alpha value is -3.62. The number of nitrogens with one attached hydrogen (secondary N) is 1. The van der Waals surface area contributed by atoms with Crippen molar-refractivity contribution in [2.45, 2.75) is 18.0 Å². The van der Waals surface area contributed by atoms with Gasteiger partial charge in [0.2, 0.25) is 0 Å². The minimum absolute atomic E-state index is 0.0614. The highest BCUT2D eigenvalue weighted by Gasteiger charge is 2.54. The number of anilines is 1. The van der Waals surface area contributed by atoms with Crippen molar-refractivity contribution in [1.82, 2.24) is 19.6 Å². The number of carboxylic acid groups (broad SMARTS) is 1. The lowest BCUT2D eigenvalue weighted by Gasteiger charge is -2.49. The molecular formula is C22H21ClN7O5S2+. The van der Waals surface area contributed by atoms with Gasteiger partial charge in [0.1, 0.15) is 48.4 Å². The molecule has 0 aromatic carbocycles. The summed E-state index contributed by atoms with van der Waals surface area (Å²) < 4.78 is 3.85. The van der Waals surface area contributed by atoms with E-state index in [2.05, 4.69) is 15.5 Å². The number of aromatic nitrogens is 3. The summed E-state index contributed by atoms with van der Waals surface area (Å²) in [6.07, 6.45) is 5.63. The quantitative estimate of drug-likeness (QED) is 0.0858. The number of hydrogen-bond donors (Lipinski definition) is 3. The average Bonchev–Trinajstić information content (AvgIpc) is 3.50. The summed E-state index contributed by atoms with van der Waals surface area (Å²) in [4.78, 5) is 48.7. The van der Waals surface area contributed by atoms with E-state index in [-0.39, 0.29) is 34.7 Å². The Morgan fingerprint density at radius 2 is 2.22 bits per heavy atom. The largest absolute Gasteiger partial charge is 0.477 e. The summed E-state index contributed by atoms with van der Waals surface area (Å²) in [7, 11) is 0. The Bertz CT molecular complexity index is 1450. The first-order valence-corrected chi connectivity index (χ1v) is 13.5. The lowest BCUT2D eigenvalue weighted by Crippen LogP contribution is -2.71. The van der Waals surface area contributed by atoms with Crippen molar-refractivity contribution < 1.29 is 28.9 Å². The van der Waals surface area contributed by atoms with Crippen molar-refractivity contribution in [3.8, 4) is 0 Å². The molecule has 2 aliphatic rings.